The van der Waals surface area contributed by atoms with Crippen LogP contribution in [0.25, 0.3) is 0 Å². The lowest BCUT2D eigenvalue weighted by atomic mass is 10.3. The van der Waals surface area contributed by atoms with E-state index in [-0.39, 0.29) is 5.82 Å². The Morgan fingerprint density at radius 1 is 1.28 bits per heavy atom. The second kappa shape index (κ2) is 7.10. The minimum atomic E-state index is -0.385. The Labute approximate surface area is 108 Å². The Morgan fingerprint density at radius 2 is 2.00 bits per heavy atom. The molecule has 0 aromatic carbocycles. The minimum Gasteiger partial charge on any atom is -0.357 e. The van der Waals surface area contributed by atoms with Crippen LogP contribution < -0.4 is 10.2 Å². The zero-order valence-electron chi connectivity index (χ0n) is 11.6. The topological polar surface area (TPSA) is 44.3 Å². The van der Waals surface area contributed by atoms with Crippen LogP contribution in [0.3, 0.4) is 0 Å². The third-order valence-electron chi connectivity index (χ3n) is 2.52. The van der Waals surface area contributed by atoms with Gasteiger partial charge < -0.3 is 15.1 Å². The molecule has 1 aromatic heterocycles. The Bertz CT molecular complexity index is 369. The molecule has 102 valence electrons. The van der Waals surface area contributed by atoms with E-state index in [1.807, 2.05) is 33.0 Å². The van der Waals surface area contributed by atoms with Crippen molar-refractivity contribution in [1.29, 1.82) is 0 Å². The van der Waals surface area contributed by atoms with Crippen LogP contribution in [0.2, 0.25) is 0 Å². The van der Waals surface area contributed by atoms with Crippen LogP contribution in [0.15, 0.2) is 6.20 Å². The first kappa shape index (κ1) is 14.6. The van der Waals surface area contributed by atoms with Crippen molar-refractivity contribution in [2.24, 2.45) is 0 Å². The van der Waals surface area contributed by atoms with Crippen LogP contribution in [-0.4, -0.2) is 55.6 Å². The van der Waals surface area contributed by atoms with Gasteiger partial charge in [0.15, 0.2) is 11.6 Å². The van der Waals surface area contributed by atoms with Crippen molar-refractivity contribution in [2.75, 3.05) is 51.0 Å². The third kappa shape index (κ3) is 4.44. The molecule has 0 radical (unpaired) electrons. The molecule has 0 saturated carbocycles. The first-order valence-corrected chi connectivity index (χ1v) is 6.17. The number of aromatic nitrogens is 2. The summed E-state index contributed by atoms with van der Waals surface area (Å²) in [6, 6.07) is 0. The van der Waals surface area contributed by atoms with Gasteiger partial charge in [-0.25, -0.2) is 9.37 Å². The molecule has 6 heteroatoms. The van der Waals surface area contributed by atoms with Crippen LogP contribution in [0, 0.1) is 5.82 Å². The second-order valence-corrected chi connectivity index (χ2v) is 4.47. The van der Waals surface area contributed by atoms with Gasteiger partial charge in [0.1, 0.15) is 0 Å². The Kier molecular flexibility index (Phi) is 5.77. The minimum absolute atomic E-state index is 0.347. The summed E-state index contributed by atoms with van der Waals surface area (Å²) in [6.45, 7) is 4.40. The highest BCUT2D eigenvalue weighted by Crippen LogP contribution is 2.16. The molecule has 0 atom stereocenters. The molecule has 0 bridgehead atoms. The first-order chi connectivity index (χ1) is 8.54. The van der Waals surface area contributed by atoms with E-state index in [9.17, 15) is 4.39 Å². The van der Waals surface area contributed by atoms with Crippen LogP contribution in [0.1, 0.15) is 13.3 Å². The van der Waals surface area contributed by atoms with Crippen molar-refractivity contribution in [3.8, 4) is 0 Å². The van der Waals surface area contributed by atoms with Crippen molar-refractivity contribution in [1.82, 2.24) is 14.9 Å². The summed E-state index contributed by atoms with van der Waals surface area (Å²) < 4.78 is 13.6. The molecule has 0 fully saturated rings. The lowest BCUT2D eigenvalue weighted by Crippen LogP contribution is -2.25. The molecule has 0 unspecified atom stereocenters. The summed E-state index contributed by atoms with van der Waals surface area (Å²) in [5, 5.41) is 2.98. The summed E-state index contributed by atoms with van der Waals surface area (Å²) in [4.78, 5) is 12.0. The molecule has 0 aliphatic carbocycles. The predicted molar refractivity (Wildman–Crippen MR) is 72.6 cm³/mol. The van der Waals surface area contributed by atoms with Gasteiger partial charge in [-0.2, -0.15) is 4.98 Å². The molecule has 5 nitrogen and oxygen atoms in total. The van der Waals surface area contributed by atoms with Gasteiger partial charge in [0.2, 0.25) is 5.95 Å². The molecule has 0 aliphatic rings. The predicted octanol–water partition coefficient (Wildman–Crippen LogP) is 1.44. The number of anilines is 2. The van der Waals surface area contributed by atoms with E-state index in [0.29, 0.717) is 11.8 Å². The molecule has 18 heavy (non-hydrogen) atoms. The fourth-order valence-corrected chi connectivity index (χ4v) is 1.60. The standard InChI is InChI=1S/C12H22FN5/c1-5-14-12-15-9-10(13)11(16-12)18(4)8-6-7-17(2)3/h9H,5-8H2,1-4H3,(H,14,15,16). The lowest BCUT2D eigenvalue weighted by molar-refractivity contribution is 0.401. The van der Waals surface area contributed by atoms with Crippen LogP contribution in [0.4, 0.5) is 16.2 Å². The lowest BCUT2D eigenvalue weighted by Gasteiger charge is -2.20. The van der Waals surface area contributed by atoms with Gasteiger partial charge in [-0.1, -0.05) is 0 Å². The number of nitrogens with one attached hydrogen (secondary N) is 1. The molecular formula is C12H22FN5. The average molecular weight is 255 g/mol. The van der Waals surface area contributed by atoms with Crippen LogP contribution in [0.5, 0.6) is 0 Å². The van der Waals surface area contributed by atoms with E-state index >= 15 is 0 Å². The molecule has 1 N–H and O–H groups in total. The Hall–Kier alpha value is -1.43. The summed E-state index contributed by atoms with van der Waals surface area (Å²) in [5.41, 5.74) is 0. The largest absolute Gasteiger partial charge is 0.357 e. The fraction of sp³-hybridized carbons (Fsp3) is 0.667. The number of hydrogen-bond donors (Lipinski definition) is 1. The molecule has 1 rings (SSSR count). The number of hydrogen-bond acceptors (Lipinski definition) is 5. The highest BCUT2D eigenvalue weighted by Gasteiger charge is 2.11. The van der Waals surface area contributed by atoms with E-state index in [2.05, 4.69) is 20.2 Å². The van der Waals surface area contributed by atoms with Gasteiger partial charge in [0.05, 0.1) is 6.20 Å². The first-order valence-electron chi connectivity index (χ1n) is 6.17. The van der Waals surface area contributed by atoms with E-state index in [4.69, 9.17) is 0 Å². The molecule has 1 heterocycles. The summed E-state index contributed by atoms with van der Waals surface area (Å²) >= 11 is 0. The van der Waals surface area contributed by atoms with Crippen molar-refractivity contribution in [3.05, 3.63) is 12.0 Å². The van der Waals surface area contributed by atoms with Gasteiger partial charge in [-0.05, 0) is 34.0 Å². The third-order valence-corrected chi connectivity index (χ3v) is 2.52. The molecule has 1 aromatic rings. The highest BCUT2D eigenvalue weighted by atomic mass is 19.1. The number of halogens is 1. The zero-order chi connectivity index (χ0) is 13.5. The van der Waals surface area contributed by atoms with Gasteiger partial charge in [-0.15, -0.1) is 0 Å². The molecule has 0 spiro atoms. The summed E-state index contributed by atoms with van der Waals surface area (Å²) in [5.74, 6) is 0.428. The quantitative estimate of drug-likeness (QED) is 0.798. The SMILES string of the molecule is CCNc1ncc(F)c(N(C)CCCN(C)C)n1. The molecule has 0 amide bonds. The number of rotatable bonds is 7. The van der Waals surface area contributed by atoms with Gasteiger partial charge in [0.25, 0.3) is 0 Å². The molecule has 0 aliphatic heterocycles. The zero-order valence-corrected chi connectivity index (χ0v) is 11.6. The van der Waals surface area contributed by atoms with E-state index in [0.717, 1.165) is 26.1 Å². The van der Waals surface area contributed by atoms with Gasteiger partial charge >= 0.3 is 0 Å². The van der Waals surface area contributed by atoms with E-state index in [1.54, 1.807) is 0 Å². The summed E-state index contributed by atoms with van der Waals surface area (Å²) in [7, 11) is 5.89. The average Bonchev–Trinajstić information content (AvgIpc) is 2.31. The van der Waals surface area contributed by atoms with E-state index in [1.165, 1.54) is 6.20 Å². The van der Waals surface area contributed by atoms with Crippen molar-refractivity contribution in [2.45, 2.75) is 13.3 Å². The van der Waals surface area contributed by atoms with Crippen molar-refractivity contribution < 1.29 is 4.39 Å². The Morgan fingerprint density at radius 3 is 2.61 bits per heavy atom. The normalized spacial score (nSPS) is 10.8. The second-order valence-electron chi connectivity index (χ2n) is 4.47. The van der Waals surface area contributed by atoms with Gasteiger partial charge in [-0.3, -0.25) is 0 Å². The summed E-state index contributed by atoms with van der Waals surface area (Å²) in [6.07, 6.45) is 2.17. The monoisotopic (exact) mass is 255 g/mol. The maximum Gasteiger partial charge on any atom is 0.224 e. The highest BCUT2D eigenvalue weighted by molar-refractivity contribution is 5.43. The fourth-order valence-electron chi connectivity index (χ4n) is 1.60. The number of nitrogens with zero attached hydrogens (tertiary/aromatic N) is 4. The smallest absolute Gasteiger partial charge is 0.224 e. The van der Waals surface area contributed by atoms with Crippen LogP contribution in [-0.2, 0) is 0 Å². The van der Waals surface area contributed by atoms with Crippen molar-refractivity contribution >= 4 is 11.8 Å². The molecular weight excluding hydrogens is 233 g/mol. The van der Waals surface area contributed by atoms with E-state index < -0.39 is 0 Å². The Balaban J connectivity index is 2.65. The van der Waals surface area contributed by atoms with Crippen LogP contribution >= 0.6 is 0 Å². The maximum absolute atomic E-state index is 13.6. The van der Waals surface area contributed by atoms with Crippen molar-refractivity contribution in [3.63, 3.8) is 0 Å². The molecule has 0 saturated heterocycles. The maximum atomic E-state index is 13.6. The van der Waals surface area contributed by atoms with Gasteiger partial charge in [0, 0.05) is 20.1 Å².